The predicted octanol–water partition coefficient (Wildman–Crippen LogP) is 3.48. The van der Waals surface area contributed by atoms with Gasteiger partial charge in [-0.05, 0) is 64.5 Å². The maximum absolute atomic E-state index is 12.3. The first-order valence-corrected chi connectivity index (χ1v) is 7.13. The molecule has 1 aromatic heterocycles. The van der Waals surface area contributed by atoms with Crippen molar-refractivity contribution in [3.8, 4) is 0 Å². The second kappa shape index (κ2) is 5.05. The van der Waals surface area contributed by atoms with Crippen molar-refractivity contribution in [1.82, 2.24) is 14.9 Å². The molecule has 1 heterocycles. The number of benzene rings is 1. The Hall–Kier alpha value is -1.62. The number of imidazole rings is 1. The third-order valence-electron chi connectivity index (χ3n) is 3.14. The molecule has 2 aromatic rings. The topological polar surface area (TPSA) is 49.8 Å². The highest BCUT2D eigenvalue weighted by atomic mass is 32.1. The van der Waals surface area contributed by atoms with Gasteiger partial charge in [-0.25, -0.2) is 0 Å². The van der Waals surface area contributed by atoms with Crippen LogP contribution in [0.2, 0.25) is 0 Å². The molecule has 1 atom stereocenters. The molecule has 0 saturated carbocycles. The number of nitrogens with one attached hydrogen (secondary N) is 2. The van der Waals surface area contributed by atoms with Gasteiger partial charge in [-0.2, -0.15) is 0 Å². The number of nitrogens with zero attached hydrogens (tertiary/aromatic N) is 1. The summed E-state index contributed by atoms with van der Waals surface area (Å²) in [5, 5.41) is 2.99. The molecule has 0 fully saturated rings. The average Bonchev–Trinajstić information content (AvgIpc) is 2.61. The Bertz CT molecular complexity index is 706. The van der Waals surface area contributed by atoms with Crippen LogP contribution in [0.1, 0.15) is 39.3 Å². The molecule has 1 amide bonds. The third kappa shape index (κ3) is 2.93. The summed E-state index contributed by atoms with van der Waals surface area (Å²) in [7, 11) is 0. The van der Waals surface area contributed by atoms with Crippen molar-refractivity contribution < 1.29 is 4.79 Å². The van der Waals surface area contributed by atoms with Gasteiger partial charge in [-0.3, -0.25) is 4.79 Å². The van der Waals surface area contributed by atoms with Gasteiger partial charge in [0.15, 0.2) is 4.77 Å². The van der Waals surface area contributed by atoms with Crippen LogP contribution in [0, 0.1) is 11.7 Å². The summed E-state index contributed by atoms with van der Waals surface area (Å²) in [6.07, 6.45) is 0. The van der Waals surface area contributed by atoms with Gasteiger partial charge in [0.05, 0.1) is 11.0 Å². The van der Waals surface area contributed by atoms with Gasteiger partial charge in [0, 0.05) is 5.54 Å². The standard InChI is InChI=1S/C15H21N3OS/c1-9-6-7-11-12(8-9)18(14(20)16-11)10(2)13(19)17-15(3,4)5/h6-8,10H,1-5H3,(H,16,20)(H,17,19). The number of hydrogen-bond acceptors (Lipinski definition) is 2. The van der Waals surface area contributed by atoms with E-state index in [1.54, 1.807) is 0 Å². The Morgan fingerprint density at radius 1 is 1.40 bits per heavy atom. The fourth-order valence-electron chi connectivity index (χ4n) is 2.21. The van der Waals surface area contributed by atoms with Crippen LogP contribution >= 0.6 is 12.2 Å². The fourth-order valence-corrected chi connectivity index (χ4v) is 2.57. The number of fused-ring (bicyclic) bond motifs is 1. The van der Waals surface area contributed by atoms with Crippen LogP contribution in [-0.2, 0) is 4.79 Å². The first kappa shape index (κ1) is 14.8. The molecule has 2 rings (SSSR count). The third-order valence-corrected chi connectivity index (χ3v) is 3.44. The van der Waals surface area contributed by atoms with E-state index in [2.05, 4.69) is 10.3 Å². The summed E-state index contributed by atoms with van der Waals surface area (Å²) in [4.78, 5) is 15.5. The molecule has 0 aliphatic rings. The van der Waals surface area contributed by atoms with Crippen molar-refractivity contribution in [3.63, 3.8) is 0 Å². The zero-order valence-corrected chi connectivity index (χ0v) is 13.4. The Kier molecular flexibility index (Phi) is 3.73. The molecule has 0 saturated heterocycles. The lowest BCUT2D eigenvalue weighted by molar-refractivity contribution is -0.125. The maximum Gasteiger partial charge on any atom is 0.243 e. The minimum Gasteiger partial charge on any atom is -0.350 e. The fraction of sp³-hybridized carbons (Fsp3) is 0.467. The van der Waals surface area contributed by atoms with E-state index in [0.29, 0.717) is 4.77 Å². The number of carbonyl (C=O) groups excluding carboxylic acids is 1. The summed E-state index contributed by atoms with van der Waals surface area (Å²) >= 11 is 5.36. The zero-order chi connectivity index (χ0) is 15.1. The van der Waals surface area contributed by atoms with Crippen molar-refractivity contribution in [3.05, 3.63) is 28.5 Å². The molecule has 5 heteroatoms. The van der Waals surface area contributed by atoms with E-state index in [-0.39, 0.29) is 17.5 Å². The summed E-state index contributed by atoms with van der Waals surface area (Å²) in [5.41, 5.74) is 2.81. The van der Waals surface area contributed by atoms with Crippen molar-refractivity contribution in [2.24, 2.45) is 0 Å². The average molecular weight is 291 g/mol. The number of H-pyrrole nitrogens is 1. The molecule has 0 radical (unpaired) electrons. The quantitative estimate of drug-likeness (QED) is 0.832. The van der Waals surface area contributed by atoms with Crippen molar-refractivity contribution in [2.45, 2.75) is 46.2 Å². The lowest BCUT2D eigenvalue weighted by Crippen LogP contribution is -2.43. The first-order valence-electron chi connectivity index (χ1n) is 6.72. The minimum atomic E-state index is -0.350. The summed E-state index contributed by atoms with van der Waals surface area (Å²) in [6, 6.07) is 5.71. The first-order chi connectivity index (χ1) is 9.19. The molecule has 0 spiro atoms. The van der Waals surface area contributed by atoms with Crippen LogP contribution in [0.5, 0.6) is 0 Å². The molecule has 20 heavy (non-hydrogen) atoms. The van der Waals surface area contributed by atoms with E-state index in [1.165, 1.54) is 0 Å². The molecule has 0 bridgehead atoms. The largest absolute Gasteiger partial charge is 0.350 e. The molecular weight excluding hydrogens is 270 g/mol. The number of aromatic amines is 1. The normalized spacial score (nSPS) is 13.4. The molecule has 0 aliphatic heterocycles. The highest BCUT2D eigenvalue weighted by Crippen LogP contribution is 2.21. The Labute approximate surface area is 124 Å². The molecule has 1 aromatic carbocycles. The van der Waals surface area contributed by atoms with E-state index in [9.17, 15) is 4.79 Å². The molecule has 1 unspecified atom stereocenters. The maximum atomic E-state index is 12.3. The second-order valence-corrected chi connectivity index (χ2v) is 6.62. The van der Waals surface area contributed by atoms with Crippen molar-refractivity contribution in [2.75, 3.05) is 0 Å². The number of rotatable bonds is 2. The molecule has 0 aliphatic carbocycles. The molecular formula is C15H21N3OS. The Morgan fingerprint density at radius 2 is 2.05 bits per heavy atom. The lowest BCUT2D eigenvalue weighted by Gasteiger charge is -2.24. The minimum absolute atomic E-state index is 0.0315. The second-order valence-electron chi connectivity index (χ2n) is 6.24. The van der Waals surface area contributed by atoms with Gasteiger partial charge in [0.2, 0.25) is 5.91 Å². The SMILES string of the molecule is Cc1ccc2[nH]c(=S)n(C(C)C(=O)NC(C)(C)C)c2c1. The number of hydrogen-bond donors (Lipinski definition) is 2. The van der Waals surface area contributed by atoms with Crippen LogP contribution in [0.25, 0.3) is 11.0 Å². The van der Waals surface area contributed by atoms with Crippen LogP contribution in [0.15, 0.2) is 18.2 Å². The lowest BCUT2D eigenvalue weighted by atomic mass is 10.1. The van der Waals surface area contributed by atoms with Gasteiger partial charge in [-0.15, -0.1) is 0 Å². The Morgan fingerprint density at radius 3 is 2.65 bits per heavy atom. The highest BCUT2D eigenvalue weighted by Gasteiger charge is 2.22. The van der Waals surface area contributed by atoms with Gasteiger partial charge in [0.25, 0.3) is 0 Å². The predicted molar refractivity (Wildman–Crippen MR) is 84.5 cm³/mol. The van der Waals surface area contributed by atoms with Gasteiger partial charge in [0.1, 0.15) is 6.04 Å². The summed E-state index contributed by atoms with van der Waals surface area (Å²) in [6.45, 7) is 9.80. The summed E-state index contributed by atoms with van der Waals surface area (Å²) in [5.74, 6) is -0.0315. The number of carbonyl (C=O) groups is 1. The monoisotopic (exact) mass is 291 g/mol. The number of amides is 1. The van der Waals surface area contributed by atoms with Crippen LogP contribution in [0.4, 0.5) is 0 Å². The zero-order valence-electron chi connectivity index (χ0n) is 12.6. The van der Waals surface area contributed by atoms with Gasteiger partial charge >= 0.3 is 0 Å². The van der Waals surface area contributed by atoms with Gasteiger partial charge < -0.3 is 14.9 Å². The van der Waals surface area contributed by atoms with E-state index in [1.807, 2.05) is 57.4 Å². The van der Waals surface area contributed by atoms with Crippen LogP contribution < -0.4 is 5.32 Å². The molecule has 2 N–H and O–H groups in total. The van der Waals surface area contributed by atoms with Crippen molar-refractivity contribution in [1.29, 1.82) is 0 Å². The summed E-state index contributed by atoms with van der Waals surface area (Å²) < 4.78 is 2.45. The van der Waals surface area contributed by atoms with Gasteiger partial charge in [-0.1, -0.05) is 6.07 Å². The molecule has 4 nitrogen and oxygen atoms in total. The van der Waals surface area contributed by atoms with E-state index in [4.69, 9.17) is 12.2 Å². The van der Waals surface area contributed by atoms with Crippen LogP contribution in [0.3, 0.4) is 0 Å². The highest BCUT2D eigenvalue weighted by molar-refractivity contribution is 7.71. The molecule has 108 valence electrons. The van der Waals surface area contributed by atoms with Crippen LogP contribution in [-0.4, -0.2) is 21.0 Å². The Balaban J connectivity index is 2.47. The number of aryl methyl sites for hydroxylation is 1. The number of aromatic nitrogens is 2. The smallest absolute Gasteiger partial charge is 0.243 e. The van der Waals surface area contributed by atoms with E-state index >= 15 is 0 Å². The van der Waals surface area contributed by atoms with Crippen molar-refractivity contribution >= 4 is 29.2 Å². The van der Waals surface area contributed by atoms with E-state index < -0.39 is 0 Å². The van der Waals surface area contributed by atoms with E-state index in [0.717, 1.165) is 16.6 Å².